The topological polar surface area (TPSA) is 132 Å². The van der Waals surface area contributed by atoms with E-state index in [1.54, 1.807) is 0 Å². The third-order valence-corrected chi connectivity index (χ3v) is 10.8. The fourth-order valence-corrected chi connectivity index (χ4v) is 7.05. The third kappa shape index (κ3) is 45.4. The van der Waals surface area contributed by atoms with Gasteiger partial charge in [0.15, 0.2) is 0 Å². The molecule has 3 unspecified atom stereocenters. The largest absolute Gasteiger partial charge is 0.472 e. The molecule has 0 aromatic heterocycles. The SMILES string of the molecule is CC/C=C\C/C=C\C/C=C\C/C=C\C/C=C\CCCCCCOCC(COP(=O)(O)OCC(O)CO)OC(=O)CCCCCCCCCCC/C=C\CCCCCCCC. The fourth-order valence-electron chi connectivity index (χ4n) is 6.26. The van der Waals surface area contributed by atoms with Crippen LogP contribution in [0, 0.1) is 0 Å². The molecular weight excluding hydrogens is 776 g/mol. The van der Waals surface area contributed by atoms with Gasteiger partial charge in [-0.05, 0) is 83.5 Å². The summed E-state index contributed by atoms with van der Waals surface area (Å²) in [4.78, 5) is 22.7. The molecule has 0 aromatic carbocycles. The van der Waals surface area contributed by atoms with Crippen molar-refractivity contribution in [1.29, 1.82) is 0 Å². The molecule has 0 fully saturated rings. The zero-order chi connectivity index (χ0) is 43.9. The number of esters is 1. The van der Waals surface area contributed by atoms with Gasteiger partial charge >= 0.3 is 13.8 Å². The van der Waals surface area contributed by atoms with Crippen LogP contribution in [0.15, 0.2) is 72.9 Å². The summed E-state index contributed by atoms with van der Waals surface area (Å²) in [7, 11) is -4.53. The lowest BCUT2D eigenvalue weighted by Gasteiger charge is -2.20. The van der Waals surface area contributed by atoms with E-state index < -0.39 is 45.8 Å². The highest BCUT2D eigenvalue weighted by Gasteiger charge is 2.26. The number of ether oxygens (including phenoxy) is 2. The number of carbonyl (C=O) groups is 1. The van der Waals surface area contributed by atoms with Crippen molar-refractivity contribution in [3.63, 3.8) is 0 Å². The van der Waals surface area contributed by atoms with Crippen molar-refractivity contribution in [3.05, 3.63) is 72.9 Å². The van der Waals surface area contributed by atoms with E-state index in [1.807, 2.05) is 0 Å². The average molecular weight is 865 g/mol. The summed E-state index contributed by atoms with van der Waals surface area (Å²) in [5, 5.41) is 18.4. The lowest BCUT2D eigenvalue weighted by atomic mass is 10.1. The Morgan fingerprint density at radius 3 is 1.45 bits per heavy atom. The Morgan fingerprint density at radius 1 is 0.533 bits per heavy atom. The highest BCUT2D eigenvalue weighted by Crippen LogP contribution is 2.43. The zero-order valence-electron chi connectivity index (χ0n) is 38.2. The maximum absolute atomic E-state index is 12.7. The molecule has 0 bridgehead atoms. The molecule has 3 N–H and O–H groups in total. The maximum Gasteiger partial charge on any atom is 0.472 e. The van der Waals surface area contributed by atoms with E-state index in [1.165, 1.54) is 83.5 Å². The van der Waals surface area contributed by atoms with Crippen molar-refractivity contribution in [3.8, 4) is 0 Å². The molecule has 0 heterocycles. The predicted octanol–water partition coefficient (Wildman–Crippen LogP) is 13.7. The van der Waals surface area contributed by atoms with Crippen molar-refractivity contribution in [2.45, 2.75) is 206 Å². The van der Waals surface area contributed by atoms with E-state index in [4.69, 9.17) is 23.6 Å². The van der Waals surface area contributed by atoms with Crippen molar-refractivity contribution in [2.75, 3.05) is 33.0 Å². The van der Waals surface area contributed by atoms with Crippen LogP contribution in [0.4, 0.5) is 0 Å². The molecule has 0 rings (SSSR count). The van der Waals surface area contributed by atoms with E-state index in [0.717, 1.165) is 89.9 Å². The number of carbonyl (C=O) groups excluding carboxylic acids is 1. The molecule has 348 valence electrons. The number of hydrogen-bond donors (Lipinski definition) is 3. The highest BCUT2D eigenvalue weighted by molar-refractivity contribution is 7.47. The van der Waals surface area contributed by atoms with Crippen LogP contribution in [0.2, 0.25) is 0 Å². The summed E-state index contributed by atoms with van der Waals surface area (Å²) in [6.07, 6.45) is 55.7. The lowest BCUT2D eigenvalue weighted by molar-refractivity contribution is -0.154. The van der Waals surface area contributed by atoms with Crippen LogP contribution >= 0.6 is 7.82 Å². The third-order valence-electron chi connectivity index (χ3n) is 9.88. The molecule has 0 aliphatic heterocycles. The molecule has 0 aliphatic rings. The van der Waals surface area contributed by atoms with Crippen LogP contribution in [0.25, 0.3) is 0 Å². The second-order valence-corrected chi connectivity index (χ2v) is 17.2. The number of phosphoric ester groups is 1. The normalized spacial score (nSPS) is 14.6. The molecule has 10 heteroatoms. The van der Waals surface area contributed by atoms with Crippen molar-refractivity contribution < 1.29 is 43.0 Å². The molecular formula is C50H89O9P. The van der Waals surface area contributed by atoms with Gasteiger partial charge in [-0.2, -0.15) is 0 Å². The summed E-state index contributed by atoms with van der Waals surface area (Å²) < 4.78 is 33.4. The van der Waals surface area contributed by atoms with Crippen molar-refractivity contribution >= 4 is 13.8 Å². The molecule has 0 spiro atoms. The molecule has 0 saturated carbocycles. The minimum Gasteiger partial charge on any atom is -0.457 e. The Labute approximate surface area is 367 Å². The van der Waals surface area contributed by atoms with E-state index in [9.17, 15) is 19.4 Å². The number of aliphatic hydroxyl groups excluding tert-OH is 2. The molecule has 9 nitrogen and oxygen atoms in total. The van der Waals surface area contributed by atoms with E-state index in [-0.39, 0.29) is 13.0 Å². The van der Waals surface area contributed by atoms with E-state index in [0.29, 0.717) is 6.61 Å². The van der Waals surface area contributed by atoms with Crippen molar-refractivity contribution in [2.24, 2.45) is 0 Å². The first-order valence-corrected chi connectivity index (χ1v) is 25.4. The van der Waals surface area contributed by atoms with Gasteiger partial charge in [0.1, 0.15) is 12.2 Å². The van der Waals surface area contributed by atoms with Gasteiger partial charge in [0.2, 0.25) is 0 Å². The molecule has 0 aliphatic carbocycles. The molecule has 0 aromatic rings. The van der Waals surface area contributed by atoms with Gasteiger partial charge in [-0.1, -0.05) is 177 Å². The second kappa shape index (κ2) is 46.4. The van der Waals surface area contributed by atoms with Gasteiger partial charge in [0.25, 0.3) is 0 Å². The summed E-state index contributed by atoms with van der Waals surface area (Å²) in [5.41, 5.74) is 0. The van der Waals surface area contributed by atoms with E-state index >= 15 is 0 Å². The number of hydrogen-bond acceptors (Lipinski definition) is 8. The maximum atomic E-state index is 12.7. The first-order valence-electron chi connectivity index (χ1n) is 23.9. The van der Waals surface area contributed by atoms with Crippen LogP contribution in [0.5, 0.6) is 0 Å². The monoisotopic (exact) mass is 865 g/mol. The summed E-state index contributed by atoms with van der Waals surface area (Å²) in [6, 6.07) is 0. The van der Waals surface area contributed by atoms with Crippen LogP contribution in [-0.4, -0.2) is 66.3 Å². The fraction of sp³-hybridized carbons (Fsp3) is 0.740. The zero-order valence-corrected chi connectivity index (χ0v) is 39.1. The molecule has 0 amide bonds. The minimum absolute atomic E-state index is 0.0283. The van der Waals surface area contributed by atoms with Gasteiger partial charge in [-0.3, -0.25) is 13.8 Å². The number of unbranched alkanes of at least 4 members (excludes halogenated alkanes) is 19. The Hall–Kier alpha value is -2.10. The Bertz CT molecular complexity index is 1160. The Balaban J connectivity index is 4.19. The van der Waals surface area contributed by atoms with E-state index in [2.05, 4.69) is 86.8 Å². The summed E-state index contributed by atoms with van der Waals surface area (Å²) >= 11 is 0. The number of allylic oxidation sites excluding steroid dienone is 12. The van der Waals surface area contributed by atoms with Gasteiger partial charge < -0.3 is 24.6 Å². The van der Waals surface area contributed by atoms with Crippen LogP contribution in [0.3, 0.4) is 0 Å². The molecule has 60 heavy (non-hydrogen) atoms. The van der Waals surface area contributed by atoms with Gasteiger partial charge in [0, 0.05) is 13.0 Å². The molecule has 3 atom stereocenters. The van der Waals surface area contributed by atoms with Crippen LogP contribution in [0.1, 0.15) is 194 Å². The smallest absolute Gasteiger partial charge is 0.457 e. The summed E-state index contributed by atoms with van der Waals surface area (Å²) in [6.45, 7) is 3.34. The first-order chi connectivity index (χ1) is 29.3. The molecule has 0 radical (unpaired) electrons. The van der Waals surface area contributed by atoms with Crippen molar-refractivity contribution in [1.82, 2.24) is 0 Å². The highest BCUT2D eigenvalue weighted by atomic mass is 31.2. The predicted molar refractivity (Wildman–Crippen MR) is 251 cm³/mol. The first kappa shape index (κ1) is 57.9. The number of phosphoric acid groups is 1. The quantitative estimate of drug-likeness (QED) is 0.0237. The lowest BCUT2D eigenvalue weighted by Crippen LogP contribution is -2.29. The standard InChI is InChI=1S/C50H89O9P/c1-3-5-7-9-11-13-15-17-19-21-23-25-27-29-31-33-35-37-39-41-43-56-46-49(47-58-60(54,55)57-45-48(52)44-51)59-50(53)42-40-38-36-34-32-30-28-26-24-22-20-18-16-14-12-10-8-6-4-2/h5,7,11,13,17-20,23,25,29,31,48-49,51-52H,3-4,6,8-10,12,14-16,21-22,24,26-28,30,32-47H2,1-2H3,(H,54,55)/b7-5-,13-11-,19-17-,20-18-,25-23-,31-29-. The molecule has 0 saturated heterocycles. The van der Waals surface area contributed by atoms with Crippen LogP contribution in [-0.2, 0) is 27.9 Å². The number of rotatable bonds is 45. The minimum atomic E-state index is -4.53. The second-order valence-electron chi connectivity index (χ2n) is 15.7. The Kier molecular flexibility index (Phi) is 44.8. The van der Waals surface area contributed by atoms with Gasteiger partial charge in [-0.15, -0.1) is 0 Å². The van der Waals surface area contributed by atoms with Gasteiger partial charge in [-0.25, -0.2) is 4.57 Å². The summed E-state index contributed by atoms with van der Waals surface area (Å²) in [5.74, 6) is -0.396. The Morgan fingerprint density at radius 2 is 0.950 bits per heavy atom. The number of aliphatic hydroxyl groups is 2. The van der Waals surface area contributed by atoms with Gasteiger partial charge in [0.05, 0.1) is 26.4 Å². The van der Waals surface area contributed by atoms with Crippen LogP contribution < -0.4 is 0 Å². The average Bonchev–Trinajstić information content (AvgIpc) is 3.24.